The van der Waals surface area contributed by atoms with Gasteiger partial charge >= 0.3 is 5.97 Å². The van der Waals surface area contributed by atoms with Crippen LogP contribution in [0.15, 0.2) is 85.1 Å². The number of para-hydroxylation sites is 1. The van der Waals surface area contributed by atoms with E-state index < -0.39 is 5.97 Å². The number of ether oxygens (including phenoxy) is 2. The summed E-state index contributed by atoms with van der Waals surface area (Å²) in [6.07, 6.45) is 1.59. The number of benzene rings is 3. The zero-order valence-corrected chi connectivity index (χ0v) is 21.4. The van der Waals surface area contributed by atoms with E-state index in [0.717, 1.165) is 28.1 Å². The van der Waals surface area contributed by atoms with Gasteiger partial charge in [0.1, 0.15) is 17.4 Å². The molecule has 0 saturated carbocycles. The number of nitrogens with zero attached hydrogens (tertiary/aromatic N) is 3. The van der Waals surface area contributed by atoms with Gasteiger partial charge < -0.3 is 19.4 Å². The van der Waals surface area contributed by atoms with Crippen LogP contribution in [0.25, 0.3) is 16.6 Å². The first-order chi connectivity index (χ1) is 18.5. The minimum atomic E-state index is -0.401. The maximum Gasteiger partial charge on any atom is 0.340 e. The number of hydrogen-bond acceptors (Lipinski definition) is 6. The lowest BCUT2D eigenvalue weighted by atomic mass is 10.1. The smallest absolute Gasteiger partial charge is 0.340 e. The van der Waals surface area contributed by atoms with Crippen LogP contribution in [0.3, 0.4) is 0 Å². The normalized spacial score (nSPS) is 10.7. The van der Waals surface area contributed by atoms with Gasteiger partial charge in [-0.15, -0.1) is 0 Å². The average molecular weight is 503 g/mol. The van der Waals surface area contributed by atoms with Gasteiger partial charge in [0.15, 0.2) is 0 Å². The first-order valence-corrected chi connectivity index (χ1v) is 12.3. The third kappa shape index (κ3) is 4.67. The van der Waals surface area contributed by atoms with Crippen LogP contribution in [0.1, 0.15) is 34.1 Å². The molecule has 38 heavy (non-hydrogen) atoms. The number of nitriles is 1. The van der Waals surface area contributed by atoms with E-state index in [1.54, 1.807) is 31.3 Å². The molecule has 2 heterocycles. The van der Waals surface area contributed by atoms with E-state index in [4.69, 9.17) is 9.47 Å². The summed E-state index contributed by atoms with van der Waals surface area (Å²) in [5.41, 5.74) is 5.86. The molecule has 7 heteroatoms. The third-order valence-corrected chi connectivity index (χ3v) is 6.24. The third-order valence-electron chi connectivity index (χ3n) is 6.24. The largest absolute Gasteiger partial charge is 0.462 e. The van der Waals surface area contributed by atoms with E-state index in [9.17, 15) is 10.1 Å². The number of carbonyl (C=O) groups excluding carboxylic acids is 1. The molecule has 3 aromatic carbocycles. The molecule has 7 nitrogen and oxygen atoms in total. The summed E-state index contributed by atoms with van der Waals surface area (Å²) in [6, 6.07) is 27.1. The van der Waals surface area contributed by atoms with Gasteiger partial charge in [-0.05, 0) is 69.3 Å². The first-order valence-electron chi connectivity index (χ1n) is 12.3. The molecule has 0 aliphatic rings. The Morgan fingerprint density at radius 2 is 1.79 bits per heavy atom. The Morgan fingerprint density at radius 1 is 1.03 bits per heavy atom. The molecular formula is C31H26N4O3. The maximum atomic E-state index is 13.0. The van der Waals surface area contributed by atoms with Crippen molar-refractivity contribution in [2.45, 2.75) is 20.8 Å². The van der Waals surface area contributed by atoms with E-state index in [2.05, 4.69) is 16.4 Å². The van der Waals surface area contributed by atoms with Crippen molar-refractivity contribution in [3.05, 3.63) is 107 Å². The minimum Gasteiger partial charge on any atom is -0.462 e. The van der Waals surface area contributed by atoms with Gasteiger partial charge in [-0.3, -0.25) is 0 Å². The summed E-state index contributed by atoms with van der Waals surface area (Å²) in [6.45, 7) is 5.96. The van der Waals surface area contributed by atoms with E-state index in [1.807, 2.05) is 79.1 Å². The second-order valence-corrected chi connectivity index (χ2v) is 8.77. The van der Waals surface area contributed by atoms with Crippen LogP contribution >= 0.6 is 0 Å². The van der Waals surface area contributed by atoms with Crippen LogP contribution in [0, 0.1) is 25.2 Å². The molecule has 0 unspecified atom stereocenters. The van der Waals surface area contributed by atoms with Crippen LogP contribution in [0.4, 0.5) is 11.4 Å². The van der Waals surface area contributed by atoms with E-state index in [-0.39, 0.29) is 18.1 Å². The fourth-order valence-corrected chi connectivity index (χ4v) is 4.47. The Kier molecular flexibility index (Phi) is 6.79. The summed E-state index contributed by atoms with van der Waals surface area (Å²) >= 11 is 0. The van der Waals surface area contributed by atoms with Gasteiger partial charge in [0, 0.05) is 28.7 Å². The highest BCUT2D eigenvalue weighted by Gasteiger charge is 2.23. The van der Waals surface area contributed by atoms with Crippen molar-refractivity contribution in [2.75, 3.05) is 11.9 Å². The highest BCUT2D eigenvalue weighted by atomic mass is 16.5. The molecule has 0 fully saturated rings. The Hall–Kier alpha value is -5.09. The molecule has 0 bridgehead atoms. The quantitative estimate of drug-likeness (QED) is 0.236. The SMILES string of the molecule is CCOC(=O)c1c(C)n(-c2ccccc2)c2ccc(Oc3nccc(Nc4ccc(C)cc4)c3C#N)cc12. The van der Waals surface area contributed by atoms with Gasteiger partial charge in [0.2, 0.25) is 5.88 Å². The molecule has 5 rings (SSSR count). The van der Waals surface area contributed by atoms with Crippen molar-refractivity contribution in [1.82, 2.24) is 9.55 Å². The average Bonchev–Trinajstić information content (AvgIpc) is 3.22. The van der Waals surface area contributed by atoms with Crippen LogP contribution in [-0.2, 0) is 4.74 Å². The van der Waals surface area contributed by atoms with E-state index in [1.165, 1.54) is 0 Å². The van der Waals surface area contributed by atoms with Gasteiger partial charge in [-0.2, -0.15) is 5.26 Å². The zero-order chi connectivity index (χ0) is 26.6. The zero-order valence-electron chi connectivity index (χ0n) is 21.4. The van der Waals surface area contributed by atoms with Gasteiger partial charge in [0.05, 0.1) is 23.4 Å². The summed E-state index contributed by atoms with van der Waals surface area (Å²) in [4.78, 5) is 17.3. The molecule has 0 spiro atoms. The second-order valence-electron chi connectivity index (χ2n) is 8.77. The number of aromatic nitrogens is 2. The van der Waals surface area contributed by atoms with Crippen molar-refractivity contribution in [2.24, 2.45) is 0 Å². The Balaban J connectivity index is 1.56. The Morgan fingerprint density at radius 3 is 2.50 bits per heavy atom. The molecule has 188 valence electrons. The highest BCUT2D eigenvalue weighted by Crippen LogP contribution is 2.35. The molecule has 0 radical (unpaired) electrons. The van der Waals surface area contributed by atoms with Gasteiger partial charge in [-0.1, -0.05) is 35.9 Å². The van der Waals surface area contributed by atoms with E-state index in [0.29, 0.717) is 22.4 Å². The lowest BCUT2D eigenvalue weighted by molar-refractivity contribution is 0.0527. The number of hydrogen-bond donors (Lipinski definition) is 1. The molecule has 1 N–H and O–H groups in total. The highest BCUT2D eigenvalue weighted by molar-refractivity contribution is 6.07. The van der Waals surface area contributed by atoms with Crippen molar-refractivity contribution in [3.63, 3.8) is 0 Å². The maximum absolute atomic E-state index is 13.0. The summed E-state index contributed by atoms with van der Waals surface area (Å²) in [7, 11) is 0. The number of aryl methyl sites for hydroxylation is 1. The standard InChI is InChI=1S/C31H26N4O3/c1-4-37-31(36)29-21(3)35(23-8-6-5-7-9-23)28-15-14-24(18-25(28)29)38-30-26(19-32)27(16-17-33-30)34-22-12-10-20(2)11-13-22/h5-18H,4H2,1-3H3,(H,33,34). The van der Waals surface area contributed by atoms with Gasteiger partial charge in [-0.25, -0.2) is 9.78 Å². The molecule has 0 aliphatic heterocycles. The minimum absolute atomic E-state index is 0.167. The fourth-order valence-electron chi connectivity index (χ4n) is 4.47. The summed E-state index contributed by atoms with van der Waals surface area (Å²) in [5, 5.41) is 13.9. The second kappa shape index (κ2) is 10.5. The molecule has 5 aromatic rings. The Bertz CT molecular complexity index is 1670. The van der Waals surface area contributed by atoms with Gasteiger partial charge in [0.25, 0.3) is 0 Å². The number of fused-ring (bicyclic) bond motifs is 1. The predicted octanol–water partition coefficient (Wildman–Crippen LogP) is 7.23. The van der Waals surface area contributed by atoms with Crippen molar-refractivity contribution < 1.29 is 14.3 Å². The molecule has 0 atom stereocenters. The van der Waals surface area contributed by atoms with Crippen molar-refractivity contribution in [1.29, 1.82) is 5.26 Å². The van der Waals surface area contributed by atoms with Crippen LogP contribution in [0.5, 0.6) is 11.6 Å². The lowest BCUT2D eigenvalue weighted by Gasteiger charge is -2.12. The lowest BCUT2D eigenvalue weighted by Crippen LogP contribution is -2.07. The number of anilines is 2. The van der Waals surface area contributed by atoms with Crippen LogP contribution < -0.4 is 10.1 Å². The molecule has 0 aliphatic carbocycles. The molecule has 2 aromatic heterocycles. The monoisotopic (exact) mass is 502 g/mol. The Labute approximate surface area is 220 Å². The number of pyridine rings is 1. The molecule has 0 amide bonds. The topological polar surface area (TPSA) is 89.2 Å². The summed E-state index contributed by atoms with van der Waals surface area (Å²) < 4.78 is 13.5. The summed E-state index contributed by atoms with van der Waals surface area (Å²) in [5.74, 6) is 0.215. The number of esters is 1. The van der Waals surface area contributed by atoms with Crippen LogP contribution in [0.2, 0.25) is 0 Å². The van der Waals surface area contributed by atoms with Crippen molar-refractivity contribution in [3.8, 4) is 23.4 Å². The predicted molar refractivity (Wildman–Crippen MR) is 147 cm³/mol. The van der Waals surface area contributed by atoms with Crippen LogP contribution in [-0.4, -0.2) is 22.1 Å². The van der Waals surface area contributed by atoms with E-state index >= 15 is 0 Å². The molecule has 0 saturated heterocycles. The fraction of sp³-hybridized carbons (Fsp3) is 0.129. The van der Waals surface area contributed by atoms with Crippen molar-refractivity contribution >= 4 is 28.2 Å². The number of rotatable bonds is 7. The number of nitrogens with one attached hydrogen (secondary N) is 1. The molecular weight excluding hydrogens is 476 g/mol. The number of carbonyl (C=O) groups is 1. The first kappa shape index (κ1) is 24.6.